The molecule has 112 valence electrons. The number of nitrogens with one attached hydrogen (secondary N) is 1. The average molecular weight is 289 g/mol. The molecule has 2 aromatic rings. The summed E-state index contributed by atoms with van der Waals surface area (Å²) in [7, 11) is 3.19. The SMILES string of the molecule is COCC(=O)N1CC[C@H](c2nc3ccc(OC)cc3[nH]2)C1. The van der Waals surface area contributed by atoms with Crippen LogP contribution in [0.4, 0.5) is 0 Å². The predicted octanol–water partition coefficient (Wildman–Crippen LogP) is 1.53. The number of amides is 1. The summed E-state index contributed by atoms with van der Waals surface area (Å²) in [5.74, 6) is 2.04. The van der Waals surface area contributed by atoms with Gasteiger partial charge in [0.05, 0.1) is 18.1 Å². The molecule has 21 heavy (non-hydrogen) atoms. The number of methoxy groups -OCH3 is 2. The number of rotatable bonds is 4. The number of hydrogen-bond acceptors (Lipinski definition) is 4. The molecule has 0 aliphatic carbocycles. The van der Waals surface area contributed by atoms with E-state index in [0.717, 1.165) is 35.6 Å². The number of nitrogens with zero attached hydrogens (tertiary/aromatic N) is 2. The summed E-state index contributed by atoms with van der Waals surface area (Å²) in [6.07, 6.45) is 0.923. The van der Waals surface area contributed by atoms with Crippen LogP contribution >= 0.6 is 0 Å². The van der Waals surface area contributed by atoms with Crippen molar-refractivity contribution in [1.82, 2.24) is 14.9 Å². The normalized spacial score (nSPS) is 18.4. The summed E-state index contributed by atoms with van der Waals surface area (Å²) < 4.78 is 10.1. The third-order valence-electron chi connectivity index (χ3n) is 3.90. The monoisotopic (exact) mass is 289 g/mol. The Morgan fingerprint density at radius 1 is 1.48 bits per heavy atom. The number of imidazole rings is 1. The summed E-state index contributed by atoms with van der Waals surface area (Å²) in [5, 5.41) is 0. The van der Waals surface area contributed by atoms with Gasteiger partial charge in [-0.2, -0.15) is 0 Å². The molecular weight excluding hydrogens is 270 g/mol. The van der Waals surface area contributed by atoms with Crippen molar-refractivity contribution in [1.29, 1.82) is 0 Å². The Bertz CT molecular complexity index is 653. The van der Waals surface area contributed by atoms with E-state index >= 15 is 0 Å². The van der Waals surface area contributed by atoms with E-state index in [2.05, 4.69) is 9.97 Å². The topological polar surface area (TPSA) is 67.4 Å². The second-order valence-electron chi connectivity index (χ2n) is 5.26. The number of hydrogen-bond donors (Lipinski definition) is 1. The van der Waals surface area contributed by atoms with E-state index in [4.69, 9.17) is 9.47 Å². The molecule has 1 atom stereocenters. The fourth-order valence-corrected chi connectivity index (χ4v) is 2.75. The Morgan fingerprint density at radius 2 is 2.33 bits per heavy atom. The van der Waals surface area contributed by atoms with Crippen LogP contribution in [-0.2, 0) is 9.53 Å². The molecule has 1 aliphatic heterocycles. The minimum atomic E-state index is 0.0396. The lowest BCUT2D eigenvalue weighted by Gasteiger charge is -2.15. The largest absolute Gasteiger partial charge is 0.497 e. The smallest absolute Gasteiger partial charge is 0.248 e. The first-order chi connectivity index (χ1) is 10.2. The van der Waals surface area contributed by atoms with Crippen molar-refractivity contribution in [3.05, 3.63) is 24.0 Å². The minimum Gasteiger partial charge on any atom is -0.497 e. The lowest BCUT2D eigenvalue weighted by molar-refractivity contribution is -0.134. The highest BCUT2D eigenvalue weighted by Crippen LogP contribution is 2.28. The van der Waals surface area contributed by atoms with E-state index in [-0.39, 0.29) is 18.4 Å². The fraction of sp³-hybridized carbons (Fsp3) is 0.467. The molecular formula is C15H19N3O3. The molecule has 1 amide bonds. The lowest BCUT2D eigenvalue weighted by atomic mass is 10.1. The van der Waals surface area contributed by atoms with E-state index in [1.807, 2.05) is 23.1 Å². The zero-order valence-corrected chi connectivity index (χ0v) is 12.3. The number of ether oxygens (including phenoxy) is 2. The van der Waals surface area contributed by atoms with Crippen molar-refractivity contribution in [3.8, 4) is 5.75 Å². The van der Waals surface area contributed by atoms with Crippen LogP contribution in [0, 0.1) is 0 Å². The van der Waals surface area contributed by atoms with E-state index in [0.29, 0.717) is 6.54 Å². The van der Waals surface area contributed by atoms with Gasteiger partial charge in [-0.15, -0.1) is 0 Å². The Labute approximate surface area is 123 Å². The van der Waals surface area contributed by atoms with Gasteiger partial charge < -0.3 is 19.4 Å². The first kappa shape index (κ1) is 13.9. The number of aromatic nitrogens is 2. The summed E-state index contributed by atoms with van der Waals surface area (Å²) in [6, 6.07) is 5.78. The molecule has 1 N–H and O–H groups in total. The Morgan fingerprint density at radius 3 is 3.10 bits per heavy atom. The fourth-order valence-electron chi connectivity index (χ4n) is 2.75. The van der Waals surface area contributed by atoms with Crippen LogP contribution < -0.4 is 4.74 Å². The molecule has 0 saturated carbocycles. The highest BCUT2D eigenvalue weighted by Gasteiger charge is 2.29. The van der Waals surface area contributed by atoms with E-state index in [9.17, 15) is 4.79 Å². The number of fused-ring (bicyclic) bond motifs is 1. The number of carbonyl (C=O) groups excluding carboxylic acids is 1. The van der Waals surface area contributed by atoms with Crippen LogP contribution in [0.2, 0.25) is 0 Å². The molecule has 1 saturated heterocycles. The Kier molecular flexibility index (Phi) is 3.79. The first-order valence-corrected chi connectivity index (χ1v) is 7.01. The third-order valence-corrected chi connectivity index (χ3v) is 3.90. The highest BCUT2D eigenvalue weighted by molar-refractivity contribution is 5.78. The zero-order chi connectivity index (χ0) is 14.8. The van der Waals surface area contributed by atoms with Gasteiger partial charge in [0.1, 0.15) is 18.2 Å². The number of likely N-dealkylation sites (tertiary alicyclic amines) is 1. The van der Waals surface area contributed by atoms with Crippen molar-refractivity contribution < 1.29 is 14.3 Å². The molecule has 6 heteroatoms. The van der Waals surface area contributed by atoms with Gasteiger partial charge in [0.15, 0.2) is 0 Å². The van der Waals surface area contributed by atoms with Crippen molar-refractivity contribution in [2.24, 2.45) is 0 Å². The molecule has 3 rings (SSSR count). The second kappa shape index (κ2) is 5.73. The maximum atomic E-state index is 11.8. The van der Waals surface area contributed by atoms with Gasteiger partial charge in [-0.25, -0.2) is 4.98 Å². The van der Waals surface area contributed by atoms with Crippen LogP contribution in [0.5, 0.6) is 5.75 Å². The van der Waals surface area contributed by atoms with Crippen LogP contribution in [-0.4, -0.2) is 54.7 Å². The van der Waals surface area contributed by atoms with Crippen LogP contribution in [0.15, 0.2) is 18.2 Å². The van der Waals surface area contributed by atoms with Gasteiger partial charge in [-0.1, -0.05) is 0 Å². The summed E-state index contributed by atoms with van der Waals surface area (Å²) in [6.45, 7) is 1.59. The Hall–Kier alpha value is -2.08. The summed E-state index contributed by atoms with van der Waals surface area (Å²) >= 11 is 0. The first-order valence-electron chi connectivity index (χ1n) is 7.01. The maximum Gasteiger partial charge on any atom is 0.248 e. The molecule has 1 fully saturated rings. The molecule has 1 aromatic carbocycles. The number of H-pyrrole nitrogens is 1. The van der Waals surface area contributed by atoms with Crippen LogP contribution in [0.1, 0.15) is 18.2 Å². The van der Waals surface area contributed by atoms with Gasteiger partial charge in [0, 0.05) is 32.2 Å². The average Bonchev–Trinajstić information content (AvgIpc) is 3.13. The maximum absolute atomic E-state index is 11.8. The molecule has 2 heterocycles. The molecule has 0 spiro atoms. The Balaban J connectivity index is 1.77. The molecule has 0 bridgehead atoms. The number of benzene rings is 1. The van der Waals surface area contributed by atoms with Gasteiger partial charge in [-0.05, 0) is 18.6 Å². The van der Waals surface area contributed by atoms with Crippen molar-refractivity contribution >= 4 is 16.9 Å². The second-order valence-corrected chi connectivity index (χ2v) is 5.26. The zero-order valence-electron chi connectivity index (χ0n) is 12.3. The van der Waals surface area contributed by atoms with Crippen LogP contribution in [0.25, 0.3) is 11.0 Å². The molecule has 0 unspecified atom stereocenters. The number of aromatic amines is 1. The van der Waals surface area contributed by atoms with Gasteiger partial charge in [0.2, 0.25) is 5.91 Å². The van der Waals surface area contributed by atoms with Crippen molar-refractivity contribution in [3.63, 3.8) is 0 Å². The summed E-state index contributed by atoms with van der Waals surface area (Å²) in [4.78, 5) is 21.6. The van der Waals surface area contributed by atoms with E-state index in [1.54, 1.807) is 7.11 Å². The standard InChI is InChI=1S/C15H19N3O3/c1-20-9-14(19)18-6-5-10(8-18)15-16-12-4-3-11(21-2)7-13(12)17-15/h3-4,7,10H,5-6,8-9H2,1-2H3,(H,16,17)/t10-/m0/s1. The van der Waals surface area contributed by atoms with Gasteiger partial charge >= 0.3 is 0 Å². The predicted molar refractivity (Wildman–Crippen MR) is 78.5 cm³/mol. The third kappa shape index (κ3) is 2.71. The lowest BCUT2D eigenvalue weighted by Crippen LogP contribution is -2.31. The van der Waals surface area contributed by atoms with Crippen molar-refractivity contribution in [2.75, 3.05) is 33.9 Å². The van der Waals surface area contributed by atoms with Gasteiger partial charge in [-0.3, -0.25) is 4.79 Å². The van der Waals surface area contributed by atoms with Crippen molar-refractivity contribution in [2.45, 2.75) is 12.3 Å². The van der Waals surface area contributed by atoms with E-state index in [1.165, 1.54) is 7.11 Å². The minimum absolute atomic E-state index is 0.0396. The van der Waals surface area contributed by atoms with Crippen LogP contribution in [0.3, 0.4) is 0 Å². The molecule has 1 aromatic heterocycles. The van der Waals surface area contributed by atoms with Gasteiger partial charge in [0.25, 0.3) is 0 Å². The molecule has 6 nitrogen and oxygen atoms in total. The molecule has 1 aliphatic rings. The van der Waals surface area contributed by atoms with E-state index < -0.39 is 0 Å². The quantitative estimate of drug-likeness (QED) is 0.927. The highest BCUT2D eigenvalue weighted by atomic mass is 16.5. The summed E-state index contributed by atoms with van der Waals surface area (Å²) in [5.41, 5.74) is 1.89. The molecule has 0 radical (unpaired) electrons. The number of carbonyl (C=O) groups is 1.